The van der Waals surface area contributed by atoms with Crippen LogP contribution in [0.5, 0.6) is 5.75 Å². The summed E-state index contributed by atoms with van der Waals surface area (Å²) in [6.45, 7) is 5.74. The van der Waals surface area contributed by atoms with E-state index in [9.17, 15) is 33.2 Å². The van der Waals surface area contributed by atoms with Crippen LogP contribution in [0.2, 0.25) is 0 Å². The molecule has 10 rings (SSSR count). The van der Waals surface area contributed by atoms with Crippen molar-refractivity contribution in [3.63, 3.8) is 0 Å². The topological polar surface area (TPSA) is 250 Å². The average Bonchev–Trinajstić information content (AvgIpc) is 4.14. The molecule has 4 atom stereocenters. The minimum Gasteiger partial charge on any atom is -0.494 e. The molecule has 0 saturated carbocycles. The number of aromatic nitrogens is 10. The monoisotopic (exact) mass is 906 g/mol. The number of H-pyrrole nitrogens is 2. The minimum atomic E-state index is -0.785. The van der Waals surface area contributed by atoms with Gasteiger partial charge in [0.1, 0.15) is 17.9 Å². The molecule has 344 valence electrons. The number of hydrogen-bond donors (Lipinski definition) is 2. The molecule has 23 nitrogen and oxygen atoms in total. The number of ketones is 2. The van der Waals surface area contributed by atoms with E-state index in [4.69, 9.17) is 4.74 Å². The van der Waals surface area contributed by atoms with Gasteiger partial charge in [0.25, 0.3) is 23.4 Å². The quantitative estimate of drug-likeness (QED) is 0.169. The highest BCUT2D eigenvalue weighted by atomic mass is 19.1. The third kappa shape index (κ3) is 7.59. The summed E-state index contributed by atoms with van der Waals surface area (Å²) in [7, 11) is 8.35. The van der Waals surface area contributed by atoms with Crippen LogP contribution >= 0.6 is 0 Å². The van der Waals surface area contributed by atoms with E-state index in [0.717, 1.165) is 6.20 Å². The van der Waals surface area contributed by atoms with Crippen LogP contribution in [0.4, 0.5) is 14.0 Å². The lowest BCUT2D eigenvalue weighted by atomic mass is 10.0. The van der Waals surface area contributed by atoms with E-state index in [1.807, 2.05) is 4.90 Å². The first-order valence-corrected chi connectivity index (χ1v) is 21.2. The number of ether oxygens (including phenoxy) is 1. The Bertz CT molecular complexity index is 2880. The molecule has 0 spiro atoms. The smallest absolute Gasteiger partial charge is 0.319 e. The number of rotatable bonds is 7. The number of carbonyl (C=O) groups is 6. The van der Waals surface area contributed by atoms with Crippen molar-refractivity contribution >= 4 is 57.2 Å². The molecule has 4 fully saturated rings. The molecule has 4 unspecified atom stereocenters. The average molecular weight is 907 g/mol. The number of halogens is 1. The van der Waals surface area contributed by atoms with Crippen LogP contribution in [-0.4, -0.2) is 202 Å². The molecular formula is C42H47FN16O7. The van der Waals surface area contributed by atoms with E-state index < -0.39 is 29.2 Å². The molecule has 0 bridgehead atoms. The number of Topliss-reactive ketones (excluding diaryl/α,β-unsaturated/α-hetero) is 2. The van der Waals surface area contributed by atoms with Crippen LogP contribution in [0.25, 0.3) is 33.4 Å². The molecule has 0 aliphatic carbocycles. The fraction of sp³-hybridized carbons (Fsp3) is 0.429. The van der Waals surface area contributed by atoms with Gasteiger partial charge in [0.15, 0.2) is 17.5 Å². The van der Waals surface area contributed by atoms with Crippen LogP contribution in [0.1, 0.15) is 26.5 Å². The summed E-state index contributed by atoms with van der Waals surface area (Å²) in [6.07, 6.45) is 9.85. The second-order valence-electron chi connectivity index (χ2n) is 17.4. The highest BCUT2D eigenvalue weighted by Gasteiger charge is 2.46. The second kappa shape index (κ2) is 17.0. The Morgan fingerprint density at radius 2 is 1.14 bits per heavy atom. The number of methoxy groups -OCH3 is 1. The molecule has 10 heterocycles. The molecule has 2 N–H and O–H groups in total. The third-order valence-corrected chi connectivity index (χ3v) is 12.7. The summed E-state index contributed by atoms with van der Waals surface area (Å²) in [4.78, 5) is 105. The van der Waals surface area contributed by atoms with Gasteiger partial charge in [0, 0.05) is 117 Å². The van der Waals surface area contributed by atoms with E-state index >= 15 is 0 Å². The van der Waals surface area contributed by atoms with E-state index in [-0.39, 0.29) is 63.6 Å². The highest BCUT2D eigenvalue weighted by molar-refractivity contribution is 6.45. The van der Waals surface area contributed by atoms with Crippen molar-refractivity contribution in [3.05, 3.63) is 66.3 Å². The lowest BCUT2D eigenvalue weighted by molar-refractivity contribution is -0.126. The number of hydrogen-bond acceptors (Lipinski definition) is 13. The zero-order chi connectivity index (χ0) is 46.7. The molecule has 6 aromatic heterocycles. The second-order valence-corrected chi connectivity index (χ2v) is 17.4. The SMILES string of the molecule is CN(C)C(=O)N1CC2CN(C(=O)C(=O)c3c[nH]c4c(-n5ccnn5)ncc(F)c34)CC2C1.COc1cnc(-n2cnc(C)n2)c2[nH]cc(C(=O)C(=O)N3CC4CN(C(=O)N(C)C)CC4C3)c12. The highest BCUT2D eigenvalue weighted by Crippen LogP contribution is 2.36. The van der Waals surface area contributed by atoms with Crippen LogP contribution in [-0.2, 0) is 9.59 Å². The Morgan fingerprint density at radius 1 is 0.667 bits per heavy atom. The van der Waals surface area contributed by atoms with E-state index in [1.165, 1.54) is 57.4 Å². The number of likely N-dealkylation sites (tertiary alicyclic amines) is 4. The maximum Gasteiger partial charge on any atom is 0.319 e. The molecule has 6 aromatic rings. The zero-order valence-corrected chi connectivity index (χ0v) is 37.0. The van der Waals surface area contributed by atoms with Crippen LogP contribution in [0.15, 0.2) is 43.5 Å². The van der Waals surface area contributed by atoms with Crippen LogP contribution in [0, 0.1) is 36.4 Å². The number of fused-ring (bicyclic) bond motifs is 4. The Hall–Kier alpha value is -7.79. The predicted octanol–water partition coefficient (Wildman–Crippen LogP) is 1.25. The zero-order valence-electron chi connectivity index (χ0n) is 37.0. The van der Waals surface area contributed by atoms with Gasteiger partial charge in [-0.1, -0.05) is 5.21 Å². The van der Waals surface area contributed by atoms with Crippen molar-refractivity contribution in [1.29, 1.82) is 0 Å². The lowest BCUT2D eigenvalue weighted by Gasteiger charge is -2.24. The lowest BCUT2D eigenvalue weighted by Crippen LogP contribution is -2.41. The Kier molecular flexibility index (Phi) is 11.2. The van der Waals surface area contributed by atoms with Gasteiger partial charge in [-0.15, -0.1) is 5.10 Å². The first-order valence-electron chi connectivity index (χ1n) is 21.2. The van der Waals surface area contributed by atoms with Crippen LogP contribution < -0.4 is 4.74 Å². The van der Waals surface area contributed by atoms with Gasteiger partial charge in [0.2, 0.25) is 0 Å². The third-order valence-electron chi connectivity index (χ3n) is 12.7. The normalized spacial score (nSPS) is 19.8. The number of amides is 6. The first kappa shape index (κ1) is 43.5. The molecule has 4 aliphatic heterocycles. The van der Waals surface area contributed by atoms with Crippen molar-refractivity contribution in [1.82, 2.24) is 79.1 Å². The number of urea groups is 2. The number of nitrogens with one attached hydrogen (secondary N) is 2. The van der Waals surface area contributed by atoms with Crippen molar-refractivity contribution in [2.24, 2.45) is 23.7 Å². The molecule has 6 amide bonds. The molecule has 4 aliphatic rings. The van der Waals surface area contributed by atoms with Crippen molar-refractivity contribution in [2.45, 2.75) is 6.92 Å². The first-order chi connectivity index (χ1) is 31.6. The summed E-state index contributed by atoms with van der Waals surface area (Å²) in [5, 5.41) is 12.3. The number of carbonyl (C=O) groups excluding carboxylic acids is 6. The van der Waals surface area contributed by atoms with Gasteiger partial charge in [-0.3, -0.25) is 19.2 Å². The molecule has 0 aromatic carbocycles. The number of nitrogens with zero attached hydrogens (tertiary/aromatic N) is 14. The molecular weight excluding hydrogens is 860 g/mol. The maximum absolute atomic E-state index is 14.6. The van der Waals surface area contributed by atoms with Gasteiger partial charge >= 0.3 is 12.1 Å². The van der Waals surface area contributed by atoms with Crippen LogP contribution in [0.3, 0.4) is 0 Å². The summed E-state index contributed by atoms with van der Waals surface area (Å²) < 4.78 is 22.9. The summed E-state index contributed by atoms with van der Waals surface area (Å²) in [5.41, 5.74) is 0.950. The van der Waals surface area contributed by atoms with Gasteiger partial charge in [-0.2, -0.15) is 5.10 Å². The summed E-state index contributed by atoms with van der Waals surface area (Å²) in [5.74, 6) is -1.08. The standard InChI is InChI=1S/C22H26N8O4.C20H21FN8O3/c1-12-25-11-30(26-12)20-18-17(16(34-4)6-24-20)15(5-23-18)19(31)21(32)28-7-13-9-29(10-14(13)8-28)22(33)27(2)3;1-26(2)20(32)28-9-11-7-27(8-12(11)10-28)19(31)17(30)13-5-22-16-15(13)14(21)6-23-18(16)29-4-3-24-25-29/h5-6,11,13-14,23H,7-10H2,1-4H3;3-6,11-12,22H,7-10H2,1-2H3. The number of aromatic amines is 2. The van der Waals surface area contributed by atoms with Crippen molar-refractivity contribution < 1.29 is 37.9 Å². The maximum atomic E-state index is 14.6. The van der Waals surface area contributed by atoms with E-state index in [2.05, 4.69) is 40.3 Å². The summed E-state index contributed by atoms with van der Waals surface area (Å²) in [6, 6.07) is -0.0827. The van der Waals surface area contributed by atoms with E-state index in [1.54, 1.807) is 56.0 Å². The molecule has 4 saturated heterocycles. The Morgan fingerprint density at radius 3 is 1.59 bits per heavy atom. The van der Waals surface area contributed by atoms with Crippen molar-refractivity contribution in [3.8, 4) is 17.4 Å². The van der Waals surface area contributed by atoms with Gasteiger partial charge in [0.05, 0.1) is 64.8 Å². The van der Waals surface area contributed by atoms with Crippen molar-refractivity contribution in [2.75, 3.05) is 87.7 Å². The van der Waals surface area contributed by atoms with Gasteiger partial charge in [-0.25, -0.2) is 38.3 Å². The predicted molar refractivity (Wildman–Crippen MR) is 230 cm³/mol. The fourth-order valence-corrected chi connectivity index (χ4v) is 9.54. The van der Waals surface area contributed by atoms with E-state index in [0.29, 0.717) is 80.7 Å². The summed E-state index contributed by atoms with van der Waals surface area (Å²) >= 11 is 0. The largest absolute Gasteiger partial charge is 0.494 e. The van der Waals surface area contributed by atoms with Gasteiger partial charge < -0.3 is 44.1 Å². The molecule has 24 heteroatoms. The fourth-order valence-electron chi connectivity index (χ4n) is 9.54. The molecule has 66 heavy (non-hydrogen) atoms. The number of pyridine rings is 2. The number of aryl methyl sites for hydroxylation is 1. The van der Waals surface area contributed by atoms with Gasteiger partial charge in [-0.05, 0) is 6.92 Å². The minimum absolute atomic E-state index is 0.00834. The Labute approximate surface area is 375 Å². The Balaban J connectivity index is 0.000000166. The molecule has 0 radical (unpaired) electrons.